The molecule has 0 aliphatic rings. The number of carbonyl (C=O) groups excluding carboxylic acids is 2. The van der Waals surface area contributed by atoms with Crippen molar-refractivity contribution in [2.75, 3.05) is 20.2 Å². The lowest BCUT2D eigenvalue weighted by molar-refractivity contribution is -0.121. The Morgan fingerprint density at radius 2 is 1.50 bits per heavy atom. The van der Waals surface area contributed by atoms with E-state index in [0.717, 1.165) is 21.2 Å². The molecule has 1 unspecified atom stereocenters. The minimum Gasteiger partial charge on any atom is -0.494 e. The van der Waals surface area contributed by atoms with Crippen LogP contribution >= 0.6 is 0 Å². The largest absolute Gasteiger partial charge is 0.494 e. The summed E-state index contributed by atoms with van der Waals surface area (Å²) in [5, 5.41) is 2.95. The first-order valence-corrected chi connectivity index (χ1v) is 12.3. The molecule has 0 spiro atoms. The van der Waals surface area contributed by atoms with Gasteiger partial charge in [-0.3, -0.25) is 9.59 Å². The molecule has 0 bridgehead atoms. The number of sulfonamides is 1. The van der Waals surface area contributed by atoms with Gasteiger partial charge in [0.2, 0.25) is 15.9 Å². The summed E-state index contributed by atoms with van der Waals surface area (Å²) in [5.41, 5.74) is 2.12. The topological polar surface area (TPSA) is 92.8 Å². The van der Waals surface area contributed by atoms with E-state index in [4.69, 9.17) is 4.74 Å². The molecule has 1 amide bonds. The maximum absolute atomic E-state index is 12.9. The minimum atomic E-state index is -3.91. The van der Waals surface area contributed by atoms with E-state index >= 15 is 0 Å². The van der Waals surface area contributed by atoms with Gasteiger partial charge in [0.05, 0.1) is 24.1 Å². The van der Waals surface area contributed by atoms with Crippen LogP contribution in [0.3, 0.4) is 0 Å². The number of amides is 1. The van der Waals surface area contributed by atoms with Crippen molar-refractivity contribution in [1.82, 2.24) is 9.62 Å². The standard InChI is InChI=1S/C26H28N2O5S/c1-4-33-23-14-10-22(11-15-23)26(21-8-6-5-7-9-21)27-25(30)18-28(3)34(31,32)24-16-12-20(13-17-24)19(2)29/h5-17,26H,4,18H2,1-3H3,(H,27,30). The smallest absolute Gasteiger partial charge is 0.243 e. The lowest BCUT2D eigenvalue weighted by atomic mass is 9.98. The summed E-state index contributed by atoms with van der Waals surface area (Å²) >= 11 is 0. The highest BCUT2D eigenvalue weighted by Gasteiger charge is 2.25. The molecule has 178 valence electrons. The second kappa shape index (κ2) is 11.1. The number of nitrogens with one attached hydrogen (secondary N) is 1. The SMILES string of the molecule is CCOc1ccc(C(NC(=O)CN(C)S(=O)(=O)c2ccc(C(C)=O)cc2)c2ccccc2)cc1. The Hall–Kier alpha value is -3.49. The summed E-state index contributed by atoms with van der Waals surface area (Å²) in [6.45, 7) is 3.50. The second-order valence-electron chi connectivity index (χ2n) is 7.75. The molecule has 3 rings (SSSR count). The summed E-state index contributed by atoms with van der Waals surface area (Å²) in [5.74, 6) is 0.123. The molecule has 34 heavy (non-hydrogen) atoms. The van der Waals surface area contributed by atoms with Crippen LogP contribution in [-0.2, 0) is 14.8 Å². The van der Waals surface area contributed by atoms with Gasteiger partial charge in [-0.25, -0.2) is 8.42 Å². The Morgan fingerprint density at radius 1 is 0.912 bits per heavy atom. The zero-order valence-corrected chi connectivity index (χ0v) is 20.2. The van der Waals surface area contributed by atoms with Gasteiger partial charge < -0.3 is 10.1 Å². The lowest BCUT2D eigenvalue weighted by Crippen LogP contribution is -2.40. The maximum atomic E-state index is 12.9. The fourth-order valence-electron chi connectivity index (χ4n) is 3.46. The molecule has 1 atom stereocenters. The Balaban J connectivity index is 1.77. The molecule has 0 radical (unpaired) electrons. The molecule has 3 aromatic carbocycles. The number of ether oxygens (including phenoxy) is 1. The number of benzene rings is 3. The number of rotatable bonds is 10. The van der Waals surface area contributed by atoms with Gasteiger partial charge in [-0.2, -0.15) is 4.31 Å². The predicted octanol–water partition coefficient (Wildman–Crippen LogP) is 3.81. The van der Waals surface area contributed by atoms with E-state index in [2.05, 4.69) is 5.32 Å². The number of hydrogen-bond donors (Lipinski definition) is 1. The molecular formula is C26H28N2O5S. The highest BCUT2D eigenvalue weighted by atomic mass is 32.2. The van der Waals surface area contributed by atoms with Gasteiger partial charge >= 0.3 is 0 Å². The summed E-state index contributed by atoms with van der Waals surface area (Å²) in [4.78, 5) is 24.4. The van der Waals surface area contributed by atoms with Crippen LogP contribution in [-0.4, -0.2) is 44.6 Å². The fraction of sp³-hybridized carbons (Fsp3) is 0.231. The van der Waals surface area contributed by atoms with E-state index in [9.17, 15) is 18.0 Å². The predicted molar refractivity (Wildman–Crippen MR) is 130 cm³/mol. The molecule has 0 saturated heterocycles. The van der Waals surface area contributed by atoms with Crippen LogP contribution in [0.15, 0.2) is 83.8 Å². The molecule has 0 saturated carbocycles. The van der Waals surface area contributed by atoms with Crippen molar-refractivity contribution < 1.29 is 22.7 Å². The summed E-state index contributed by atoms with van der Waals surface area (Å²) in [6, 6.07) is 22.1. The number of hydrogen-bond acceptors (Lipinski definition) is 5. The zero-order chi connectivity index (χ0) is 24.7. The van der Waals surface area contributed by atoms with Gasteiger partial charge in [0.1, 0.15) is 5.75 Å². The second-order valence-corrected chi connectivity index (χ2v) is 9.80. The summed E-state index contributed by atoms with van der Waals surface area (Å²) in [6.07, 6.45) is 0. The van der Waals surface area contributed by atoms with Crippen LogP contribution in [0.5, 0.6) is 5.75 Å². The fourth-order valence-corrected chi connectivity index (χ4v) is 4.59. The highest BCUT2D eigenvalue weighted by Crippen LogP contribution is 2.24. The number of likely N-dealkylation sites (N-methyl/N-ethyl adjacent to an activating group) is 1. The number of nitrogens with zero attached hydrogens (tertiary/aromatic N) is 1. The van der Waals surface area contributed by atoms with Crippen molar-refractivity contribution in [3.63, 3.8) is 0 Å². The van der Waals surface area contributed by atoms with Crippen molar-refractivity contribution in [3.8, 4) is 5.75 Å². The van der Waals surface area contributed by atoms with Gasteiger partial charge in [0.15, 0.2) is 5.78 Å². The van der Waals surface area contributed by atoms with Crippen LogP contribution < -0.4 is 10.1 Å². The van der Waals surface area contributed by atoms with Crippen LogP contribution in [0.4, 0.5) is 0 Å². The molecule has 0 fully saturated rings. The molecule has 7 nitrogen and oxygen atoms in total. The number of ketones is 1. The molecule has 0 heterocycles. The van der Waals surface area contributed by atoms with Gasteiger partial charge in [-0.05, 0) is 49.2 Å². The molecule has 3 aromatic rings. The molecule has 0 aliphatic heterocycles. The van der Waals surface area contributed by atoms with Gasteiger partial charge in [-0.15, -0.1) is 0 Å². The monoisotopic (exact) mass is 480 g/mol. The zero-order valence-electron chi connectivity index (χ0n) is 19.4. The Bertz CT molecular complexity index is 1220. The molecule has 1 N–H and O–H groups in total. The van der Waals surface area contributed by atoms with Crippen molar-refractivity contribution >= 4 is 21.7 Å². The first kappa shape index (κ1) is 25.1. The Kier molecular flexibility index (Phi) is 8.20. The summed E-state index contributed by atoms with van der Waals surface area (Å²) < 4.78 is 32.3. The molecule has 0 aliphatic carbocycles. The first-order chi connectivity index (χ1) is 16.2. The van der Waals surface area contributed by atoms with E-state index < -0.39 is 22.0 Å². The Labute approximate surface area is 200 Å². The van der Waals surface area contributed by atoms with Crippen molar-refractivity contribution in [2.24, 2.45) is 0 Å². The van der Waals surface area contributed by atoms with E-state index in [1.165, 1.54) is 38.2 Å². The third-order valence-electron chi connectivity index (χ3n) is 5.30. The summed E-state index contributed by atoms with van der Waals surface area (Å²) in [7, 11) is -2.56. The number of carbonyl (C=O) groups is 2. The van der Waals surface area contributed by atoms with Crippen molar-refractivity contribution in [1.29, 1.82) is 0 Å². The maximum Gasteiger partial charge on any atom is 0.243 e. The van der Waals surface area contributed by atoms with Gasteiger partial charge in [0, 0.05) is 12.6 Å². The minimum absolute atomic E-state index is 0.0129. The van der Waals surface area contributed by atoms with E-state index in [1.807, 2.05) is 61.5 Å². The van der Waals surface area contributed by atoms with Crippen LogP contribution in [0.25, 0.3) is 0 Å². The van der Waals surface area contributed by atoms with Crippen LogP contribution in [0, 0.1) is 0 Å². The van der Waals surface area contributed by atoms with Crippen molar-refractivity contribution in [2.45, 2.75) is 24.8 Å². The van der Waals surface area contributed by atoms with E-state index in [-0.39, 0.29) is 17.2 Å². The lowest BCUT2D eigenvalue weighted by Gasteiger charge is -2.22. The highest BCUT2D eigenvalue weighted by molar-refractivity contribution is 7.89. The molecular weight excluding hydrogens is 452 g/mol. The average Bonchev–Trinajstić information content (AvgIpc) is 2.84. The van der Waals surface area contributed by atoms with Crippen LogP contribution in [0.2, 0.25) is 0 Å². The molecule has 0 aromatic heterocycles. The van der Waals surface area contributed by atoms with Crippen LogP contribution in [0.1, 0.15) is 41.4 Å². The normalized spacial score (nSPS) is 12.2. The number of Topliss-reactive ketones (excluding diaryl/α,β-unsaturated/α-hetero) is 1. The first-order valence-electron chi connectivity index (χ1n) is 10.9. The quantitative estimate of drug-likeness (QED) is 0.446. The third-order valence-corrected chi connectivity index (χ3v) is 7.12. The molecule has 8 heteroatoms. The third kappa shape index (κ3) is 6.09. The van der Waals surface area contributed by atoms with E-state index in [0.29, 0.717) is 12.2 Å². The Morgan fingerprint density at radius 3 is 2.06 bits per heavy atom. The van der Waals surface area contributed by atoms with E-state index in [1.54, 1.807) is 0 Å². The van der Waals surface area contributed by atoms with Gasteiger partial charge in [0.25, 0.3) is 0 Å². The average molecular weight is 481 g/mol. The van der Waals surface area contributed by atoms with Crippen molar-refractivity contribution in [3.05, 3.63) is 95.6 Å². The van der Waals surface area contributed by atoms with Gasteiger partial charge in [-0.1, -0.05) is 54.6 Å².